The molecule has 0 spiro atoms. The fourth-order valence-corrected chi connectivity index (χ4v) is 2.42. The Kier molecular flexibility index (Phi) is 3.14. The molecule has 6 heteroatoms. The first-order valence-corrected chi connectivity index (χ1v) is 7.42. The van der Waals surface area contributed by atoms with Crippen LogP contribution < -0.4 is 10.1 Å². The van der Waals surface area contributed by atoms with Gasteiger partial charge in [-0.05, 0) is 43.0 Å². The van der Waals surface area contributed by atoms with E-state index in [-0.39, 0.29) is 0 Å². The molecule has 0 unspecified atom stereocenters. The smallest absolute Gasteiger partial charge is 0.254 e. The molecule has 0 atom stereocenters. The maximum absolute atomic E-state index is 5.20. The van der Waals surface area contributed by atoms with Crippen molar-refractivity contribution in [3.05, 3.63) is 36.7 Å². The van der Waals surface area contributed by atoms with Crippen molar-refractivity contribution in [3.8, 4) is 17.0 Å². The number of aromatic nitrogens is 4. The molecular formula is C16H17N5O. The Morgan fingerprint density at radius 2 is 2.09 bits per heavy atom. The molecule has 0 saturated heterocycles. The summed E-state index contributed by atoms with van der Waals surface area (Å²) >= 11 is 0. The Morgan fingerprint density at radius 1 is 1.27 bits per heavy atom. The molecule has 1 aliphatic rings. The number of nitrogens with one attached hydrogen (secondary N) is 1. The van der Waals surface area contributed by atoms with Crippen molar-refractivity contribution >= 4 is 11.6 Å². The largest absolute Gasteiger partial charge is 0.497 e. The van der Waals surface area contributed by atoms with Crippen LogP contribution in [0.5, 0.6) is 5.75 Å². The van der Waals surface area contributed by atoms with Crippen LogP contribution in [0.1, 0.15) is 12.8 Å². The lowest BCUT2D eigenvalue weighted by Crippen LogP contribution is -2.09. The van der Waals surface area contributed by atoms with Crippen LogP contribution in [0.3, 0.4) is 0 Å². The van der Waals surface area contributed by atoms with Gasteiger partial charge >= 0.3 is 0 Å². The molecule has 0 bridgehead atoms. The summed E-state index contributed by atoms with van der Waals surface area (Å²) in [5.41, 5.74) is 1.90. The van der Waals surface area contributed by atoms with E-state index in [1.165, 1.54) is 19.2 Å². The zero-order valence-electron chi connectivity index (χ0n) is 12.4. The average Bonchev–Trinajstić information content (AvgIpc) is 3.27. The monoisotopic (exact) mass is 295 g/mol. The van der Waals surface area contributed by atoms with Gasteiger partial charge in [-0.15, -0.1) is 0 Å². The minimum atomic E-state index is 0.603. The van der Waals surface area contributed by atoms with Crippen LogP contribution in [-0.2, 0) is 0 Å². The molecule has 1 fully saturated rings. The molecule has 0 radical (unpaired) electrons. The van der Waals surface area contributed by atoms with Gasteiger partial charge in [-0.3, -0.25) is 0 Å². The first-order valence-electron chi connectivity index (χ1n) is 7.42. The second-order valence-corrected chi connectivity index (χ2v) is 5.55. The maximum Gasteiger partial charge on any atom is 0.254 e. The summed E-state index contributed by atoms with van der Waals surface area (Å²) in [4.78, 5) is 8.79. The molecule has 1 saturated carbocycles. The van der Waals surface area contributed by atoms with Crippen LogP contribution in [0.15, 0.2) is 36.7 Å². The highest BCUT2D eigenvalue weighted by Gasteiger charge is 2.21. The molecule has 112 valence electrons. The second kappa shape index (κ2) is 5.29. The summed E-state index contributed by atoms with van der Waals surface area (Å²) in [5, 5.41) is 7.70. The van der Waals surface area contributed by atoms with E-state index < -0.39 is 0 Å². The number of hydrogen-bond acceptors (Lipinski definition) is 5. The van der Waals surface area contributed by atoms with Crippen LogP contribution >= 0.6 is 0 Å². The first-order chi connectivity index (χ1) is 10.8. The summed E-state index contributed by atoms with van der Waals surface area (Å²) in [7, 11) is 1.66. The third kappa shape index (κ3) is 2.47. The van der Waals surface area contributed by atoms with Crippen molar-refractivity contribution in [3.63, 3.8) is 0 Å². The van der Waals surface area contributed by atoms with Crippen molar-refractivity contribution in [2.45, 2.75) is 12.8 Å². The number of ether oxygens (including phenoxy) is 1. The van der Waals surface area contributed by atoms with Crippen molar-refractivity contribution in [2.24, 2.45) is 5.92 Å². The lowest BCUT2D eigenvalue weighted by Gasteiger charge is -2.10. The number of anilines is 1. The summed E-state index contributed by atoms with van der Waals surface area (Å²) < 4.78 is 6.94. The lowest BCUT2D eigenvalue weighted by molar-refractivity contribution is 0.415. The van der Waals surface area contributed by atoms with Crippen molar-refractivity contribution in [1.82, 2.24) is 19.6 Å². The highest BCUT2D eigenvalue weighted by Crippen LogP contribution is 2.29. The summed E-state index contributed by atoms with van der Waals surface area (Å²) in [6.45, 7) is 0.973. The van der Waals surface area contributed by atoms with E-state index >= 15 is 0 Å². The molecule has 3 aromatic rings. The first kappa shape index (κ1) is 13.1. The third-order valence-corrected chi connectivity index (χ3v) is 3.91. The number of nitrogens with zero attached hydrogens (tertiary/aromatic N) is 4. The minimum Gasteiger partial charge on any atom is -0.497 e. The van der Waals surface area contributed by atoms with Crippen LogP contribution in [0.25, 0.3) is 17.0 Å². The predicted molar refractivity (Wildman–Crippen MR) is 84.0 cm³/mol. The van der Waals surface area contributed by atoms with Crippen LogP contribution in [0.2, 0.25) is 0 Å². The van der Waals surface area contributed by atoms with E-state index in [4.69, 9.17) is 4.74 Å². The fraction of sp³-hybridized carbons (Fsp3) is 0.312. The summed E-state index contributed by atoms with van der Waals surface area (Å²) in [6.07, 6.45) is 4.15. The van der Waals surface area contributed by atoms with Gasteiger partial charge in [0, 0.05) is 18.2 Å². The van der Waals surface area contributed by atoms with Crippen LogP contribution in [0.4, 0.5) is 5.82 Å². The molecule has 22 heavy (non-hydrogen) atoms. The van der Waals surface area contributed by atoms with Gasteiger partial charge in [0.1, 0.15) is 17.9 Å². The van der Waals surface area contributed by atoms with Crippen LogP contribution in [-0.4, -0.2) is 33.2 Å². The van der Waals surface area contributed by atoms with Crippen molar-refractivity contribution in [1.29, 1.82) is 0 Å². The zero-order chi connectivity index (χ0) is 14.9. The molecule has 0 amide bonds. The summed E-state index contributed by atoms with van der Waals surface area (Å²) in [5.74, 6) is 3.15. The predicted octanol–water partition coefficient (Wildman–Crippen LogP) is 2.62. The van der Waals surface area contributed by atoms with E-state index in [1.807, 2.05) is 30.3 Å². The SMILES string of the molecule is COc1ccc(-c2cc(NCC3CC3)n3ncnc3n2)cc1. The fourth-order valence-electron chi connectivity index (χ4n) is 2.42. The number of fused-ring (bicyclic) bond motifs is 1. The van der Waals surface area contributed by atoms with E-state index in [0.717, 1.165) is 35.3 Å². The molecule has 2 heterocycles. The van der Waals surface area contributed by atoms with E-state index in [9.17, 15) is 0 Å². The zero-order valence-corrected chi connectivity index (χ0v) is 12.4. The lowest BCUT2D eigenvalue weighted by atomic mass is 10.1. The van der Waals surface area contributed by atoms with Crippen molar-refractivity contribution in [2.75, 3.05) is 19.0 Å². The third-order valence-electron chi connectivity index (χ3n) is 3.91. The number of methoxy groups -OCH3 is 1. The van der Waals surface area contributed by atoms with E-state index in [1.54, 1.807) is 11.6 Å². The highest BCUT2D eigenvalue weighted by atomic mass is 16.5. The minimum absolute atomic E-state index is 0.603. The molecule has 6 nitrogen and oxygen atoms in total. The molecule has 0 aliphatic heterocycles. The molecule has 1 N–H and O–H groups in total. The van der Waals surface area contributed by atoms with Crippen LogP contribution in [0, 0.1) is 5.92 Å². The average molecular weight is 295 g/mol. The Hall–Kier alpha value is -2.63. The van der Waals surface area contributed by atoms with Gasteiger partial charge in [-0.25, -0.2) is 4.98 Å². The van der Waals surface area contributed by atoms with E-state index in [2.05, 4.69) is 20.4 Å². The Bertz CT molecular complexity index is 792. The van der Waals surface area contributed by atoms with E-state index in [0.29, 0.717) is 5.78 Å². The van der Waals surface area contributed by atoms with Gasteiger partial charge < -0.3 is 10.1 Å². The molecule has 2 aromatic heterocycles. The Morgan fingerprint density at radius 3 is 2.82 bits per heavy atom. The van der Waals surface area contributed by atoms with Crippen molar-refractivity contribution < 1.29 is 4.74 Å². The second-order valence-electron chi connectivity index (χ2n) is 5.55. The summed E-state index contributed by atoms with van der Waals surface area (Å²) in [6, 6.07) is 9.88. The van der Waals surface area contributed by atoms with Gasteiger partial charge in [-0.1, -0.05) is 0 Å². The normalized spacial score (nSPS) is 14.2. The number of benzene rings is 1. The standard InChI is InChI=1S/C16H17N5O/c1-22-13-6-4-12(5-7-13)14-8-15(17-9-11-2-3-11)21-16(20-14)18-10-19-21/h4-8,10-11,17H,2-3,9H2,1H3. The maximum atomic E-state index is 5.20. The molecule has 1 aliphatic carbocycles. The highest BCUT2D eigenvalue weighted by molar-refractivity contribution is 5.65. The van der Waals surface area contributed by atoms with Gasteiger partial charge in [0.25, 0.3) is 5.78 Å². The number of hydrogen-bond donors (Lipinski definition) is 1. The van der Waals surface area contributed by atoms with Gasteiger partial charge in [-0.2, -0.15) is 14.6 Å². The van der Waals surface area contributed by atoms with Gasteiger partial charge in [0.05, 0.1) is 12.8 Å². The van der Waals surface area contributed by atoms with Gasteiger partial charge in [0.2, 0.25) is 0 Å². The topological polar surface area (TPSA) is 64.3 Å². The molecule has 1 aromatic carbocycles. The number of rotatable bonds is 5. The van der Waals surface area contributed by atoms with Gasteiger partial charge in [0.15, 0.2) is 0 Å². The Balaban J connectivity index is 1.72. The quantitative estimate of drug-likeness (QED) is 0.784. The Labute approximate surface area is 128 Å². The molecule has 4 rings (SSSR count). The molecular weight excluding hydrogens is 278 g/mol.